The smallest absolute Gasteiger partial charge is 0.408 e. The molecule has 1 aliphatic heterocycles. The van der Waals surface area contributed by atoms with Gasteiger partial charge >= 0.3 is 6.09 Å². The van der Waals surface area contributed by atoms with E-state index in [2.05, 4.69) is 5.32 Å². The molecule has 1 aliphatic rings. The lowest BCUT2D eigenvalue weighted by atomic mass is 9.91. The summed E-state index contributed by atoms with van der Waals surface area (Å²) in [7, 11) is 0. The second-order valence-electron chi connectivity index (χ2n) is 5.47. The van der Waals surface area contributed by atoms with Gasteiger partial charge in [0.1, 0.15) is 11.1 Å². The molecule has 0 radical (unpaired) electrons. The summed E-state index contributed by atoms with van der Waals surface area (Å²) in [6.45, 7) is 6.21. The van der Waals surface area contributed by atoms with Crippen molar-refractivity contribution in [1.29, 1.82) is 0 Å². The Kier molecular flexibility index (Phi) is 4.70. The first-order chi connectivity index (χ1) is 8.29. The third-order valence-corrected chi connectivity index (χ3v) is 2.67. The van der Waals surface area contributed by atoms with Crippen LogP contribution in [0.1, 0.15) is 33.6 Å². The zero-order chi connectivity index (χ0) is 13.8. The van der Waals surface area contributed by atoms with Crippen molar-refractivity contribution in [2.75, 3.05) is 19.8 Å². The zero-order valence-electron chi connectivity index (χ0n) is 11.2. The first-order valence-electron chi connectivity index (χ1n) is 6.11. The minimum absolute atomic E-state index is 0.103. The maximum absolute atomic E-state index is 12.0. The normalized spacial score (nSPS) is 23.8. The molecule has 0 aliphatic carbocycles. The molecule has 0 spiro atoms. The zero-order valence-corrected chi connectivity index (χ0v) is 11.2. The van der Waals surface area contributed by atoms with Crippen LogP contribution in [0.2, 0.25) is 0 Å². The number of ketones is 1. The van der Waals surface area contributed by atoms with Crippen LogP contribution in [-0.2, 0) is 14.3 Å². The van der Waals surface area contributed by atoms with Crippen LogP contribution in [0.4, 0.5) is 4.79 Å². The molecular formula is C12H22N2O4. The monoisotopic (exact) mass is 258 g/mol. The molecule has 1 saturated heterocycles. The molecule has 1 unspecified atom stereocenters. The maximum Gasteiger partial charge on any atom is 0.408 e. The first kappa shape index (κ1) is 14.9. The van der Waals surface area contributed by atoms with Gasteiger partial charge in [-0.15, -0.1) is 0 Å². The molecule has 104 valence electrons. The Morgan fingerprint density at radius 2 is 2.11 bits per heavy atom. The topological polar surface area (TPSA) is 90.7 Å². The molecule has 3 N–H and O–H groups in total. The van der Waals surface area contributed by atoms with Gasteiger partial charge in [0.2, 0.25) is 0 Å². The fourth-order valence-corrected chi connectivity index (χ4v) is 1.82. The van der Waals surface area contributed by atoms with E-state index in [9.17, 15) is 9.59 Å². The Hall–Kier alpha value is -1.14. The molecule has 0 saturated carbocycles. The maximum atomic E-state index is 12.0. The molecule has 1 rings (SSSR count). The summed E-state index contributed by atoms with van der Waals surface area (Å²) in [6, 6.07) is 0. The number of carbonyl (C=O) groups is 2. The van der Waals surface area contributed by atoms with Crippen LogP contribution >= 0.6 is 0 Å². The standard InChI is InChI=1S/C12H22N2O4/c1-11(2,3)18-10(16)14-12(5-7-17-8-12)9(15)4-6-13/h4-8,13H2,1-3H3,(H,14,16). The van der Waals surface area contributed by atoms with Crippen molar-refractivity contribution in [2.24, 2.45) is 5.73 Å². The Balaban J connectivity index is 2.69. The number of nitrogens with one attached hydrogen (secondary N) is 1. The van der Waals surface area contributed by atoms with Gasteiger partial charge < -0.3 is 20.5 Å². The van der Waals surface area contributed by atoms with Crippen LogP contribution in [-0.4, -0.2) is 42.8 Å². The Labute approximate surface area is 107 Å². The van der Waals surface area contributed by atoms with Crippen molar-refractivity contribution in [3.63, 3.8) is 0 Å². The van der Waals surface area contributed by atoms with Crippen molar-refractivity contribution in [3.8, 4) is 0 Å². The lowest BCUT2D eigenvalue weighted by Gasteiger charge is -2.29. The first-order valence-corrected chi connectivity index (χ1v) is 6.11. The molecular weight excluding hydrogens is 236 g/mol. The third kappa shape index (κ3) is 3.96. The predicted molar refractivity (Wildman–Crippen MR) is 66.2 cm³/mol. The molecule has 18 heavy (non-hydrogen) atoms. The summed E-state index contributed by atoms with van der Waals surface area (Å²) >= 11 is 0. The summed E-state index contributed by atoms with van der Waals surface area (Å²) in [5.41, 5.74) is 3.82. The van der Waals surface area contributed by atoms with E-state index in [0.29, 0.717) is 13.0 Å². The summed E-state index contributed by atoms with van der Waals surface area (Å²) in [5, 5.41) is 2.64. The van der Waals surface area contributed by atoms with Gasteiger partial charge in [0.25, 0.3) is 0 Å². The van der Waals surface area contributed by atoms with Crippen LogP contribution in [0.5, 0.6) is 0 Å². The molecule has 1 amide bonds. The Bertz CT molecular complexity index is 317. The fourth-order valence-electron chi connectivity index (χ4n) is 1.82. The van der Waals surface area contributed by atoms with Crippen LogP contribution in [0.25, 0.3) is 0 Å². The molecule has 1 fully saturated rings. The van der Waals surface area contributed by atoms with E-state index in [1.807, 2.05) is 0 Å². The highest BCUT2D eigenvalue weighted by molar-refractivity contribution is 5.92. The summed E-state index contributed by atoms with van der Waals surface area (Å²) in [5.74, 6) is -0.103. The van der Waals surface area contributed by atoms with Gasteiger partial charge in [-0.2, -0.15) is 0 Å². The average Bonchev–Trinajstić information content (AvgIpc) is 2.64. The van der Waals surface area contributed by atoms with Crippen molar-refractivity contribution < 1.29 is 19.1 Å². The largest absolute Gasteiger partial charge is 0.444 e. The molecule has 1 atom stereocenters. The number of ether oxygens (including phenoxy) is 2. The number of alkyl carbamates (subject to hydrolysis) is 1. The van der Waals surface area contributed by atoms with E-state index in [1.54, 1.807) is 20.8 Å². The van der Waals surface area contributed by atoms with E-state index < -0.39 is 17.2 Å². The van der Waals surface area contributed by atoms with Gasteiger partial charge in [-0.05, 0) is 27.3 Å². The minimum atomic E-state index is -0.971. The van der Waals surface area contributed by atoms with Gasteiger partial charge in [0.05, 0.1) is 6.61 Å². The number of hydrogen-bond acceptors (Lipinski definition) is 5. The van der Waals surface area contributed by atoms with Crippen LogP contribution in [0.3, 0.4) is 0 Å². The van der Waals surface area contributed by atoms with Gasteiger partial charge in [-0.25, -0.2) is 4.79 Å². The summed E-state index contributed by atoms with van der Waals surface area (Å²) in [4.78, 5) is 23.8. The summed E-state index contributed by atoms with van der Waals surface area (Å²) in [6.07, 6.45) is 0.0860. The molecule has 0 aromatic heterocycles. The second kappa shape index (κ2) is 5.67. The third-order valence-electron chi connectivity index (χ3n) is 2.67. The highest BCUT2D eigenvalue weighted by Gasteiger charge is 2.43. The van der Waals surface area contributed by atoms with Gasteiger partial charge in [-0.1, -0.05) is 0 Å². The van der Waals surface area contributed by atoms with Gasteiger partial charge in [0.15, 0.2) is 5.78 Å². The number of hydrogen-bond donors (Lipinski definition) is 2. The van der Waals surface area contributed by atoms with Crippen LogP contribution < -0.4 is 11.1 Å². The molecule has 0 aromatic carbocycles. The number of rotatable bonds is 4. The van der Waals surface area contributed by atoms with Crippen LogP contribution in [0.15, 0.2) is 0 Å². The molecule has 1 heterocycles. The molecule has 6 nitrogen and oxygen atoms in total. The van der Waals surface area contributed by atoms with Gasteiger partial charge in [-0.3, -0.25) is 4.79 Å². The Morgan fingerprint density at radius 1 is 1.44 bits per heavy atom. The molecule has 6 heteroatoms. The van der Waals surface area contributed by atoms with Crippen molar-refractivity contribution in [2.45, 2.75) is 44.8 Å². The second-order valence-corrected chi connectivity index (χ2v) is 5.47. The molecule has 0 bridgehead atoms. The number of nitrogens with two attached hydrogens (primary N) is 1. The number of amides is 1. The van der Waals surface area contributed by atoms with Crippen molar-refractivity contribution >= 4 is 11.9 Å². The van der Waals surface area contributed by atoms with E-state index in [0.717, 1.165) is 0 Å². The lowest BCUT2D eigenvalue weighted by Crippen LogP contribution is -2.56. The minimum Gasteiger partial charge on any atom is -0.444 e. The summed E-state index contributed by atoms with van der Waals surface area (Å²) < 4.78 is 10.4. The van der Waals surface area contributed by atoms with Gasteiger partial charge in [0, 0.05) is 19.4 Å². The molecule has 0 aromatic rings. The van der Waals surface area contributed by atoms with E-state index >= 15 is 0 Å². The average molecular weight is 258 g/mol. The SMILES string of the molecule is CC(C)(C)OC(=O)NC1(C(=O)CCN)CCOC1. The number of Topliss-reactive ketones (excluding diaryl/α,β-unsaturated/α-hetero) is 1. The van der Waals surface area contributed by atoms with Crippen molar-refractivity contribution in [1.82, 2.24) is 5.32 Å². The Morgan fingerprint density at radius 3 is 2.56 bits per heavy atom. The quantitative estimate of drug-likeness (QED) is 0.770. The van der Waals surface area contributed by atoms with Crippen LogP contribution in [0, 0.1) is 0 Å². The fraction of sp³-hybridized carbons (Fsp3) is 0.833. The highest BCUT2D eigenvalue weighted by Crippen LogP contribution is 2.22. The highest BCUT2D eigenvalue weighted by atomic mass is 16.6. The van der Waals surface area contributed by atoms with E-state index in [1.165, 1.54) is 0 Å². The van der Waals surface area contributed by atoms with E-state index in [4.69, 9.17) is 15.2 Å². The number of carbonyl (C=O) groups excluding carboxylic acids is 2. The predicted octanol–water partition coefficient (Wildman–Crippen LogP) is 0.588. The lowest BCUT2D eigenvalue weighted by molar-refractivity contribution is -0.125. The van der Waals surface area contributed by atoms with E-state index in [-0.39, 0.29) is 25.4 Å². The van der Waals surface area contributed by atoms with Crippen molar-refractivity contribution in [3.05, 3.63) is 0 Å².